The lowest BCUT2D eigenvalue weighted by Gasteiger charge is -2.44. The third kappa shape index (κ3) is 3.54. The molecule has 2 saturated heterocycles. The maximum atomic E-state index is 12.3. The minimum atomic E-state index is 0. The first kappa shape index (κ1) is 15.8. The van der Waals surface area contributed by atoms with Crippen molar-refractivity contribution < 1.29 is 4.79 Å². The summed E-state index contributed by atoms with van der Waals surface area (Å²) in [6, 6.07) is 2.06. The zero-order valence-electron chi connectivity index (χ0n) is 11.8. The Morgan fingerprint density at radius 3 is 2.55 bits per heavy atom. The Hall–Kier alpha value is -0.580. The molecule has 0 bridgehead atoms. The number of hydrogen-bond donors (Lipinski definition) is 1. The second-order valence-electron chi connectivity index (χ2n) is 5.94. The van der Waals surface area contributed by atoms with Gasteiger partial charge in [0.05, 0.1) is 6.42 Å². The quantitative estimate of drug-likeness (QED) is 0.910. The molecule has 2 fully saturated rings. The molecule has 1 amide bonds. The van der Waals surface area contributed by atoms with E-state index >= 15 is 0 Å². The van der Waals surface area contributed by atoms with E-state index in [-0.39, 0.29) is 12.4 Å². The van der Waals surface area contributed by atoms with Crippen LogP contribution in [0, 0.1) is 5.41 Å². The van der Waals surface area contributed by atoms with Gasteiger partial charge >= 0.3 is 0 Å². The highest BCUT2D eigenvalue weighted by atomic mass is 35.5. The van der Waals surface area contributed by atoms with Crippen LogP contribution in [0.15, 0.2) is 16.8 Å². The van der Waals surface area contributed by atoms with Crippen molar-refractivity contribution in [1.82, 2.24) is 10.2 Å². The van der Waals surface area contributed by atoms with Gasteiger partial charge < -0.3 is 10.2 Å². The van der Waals surface area contributed by atoms with Crippen LogP contribution in [0.1, 0.15) is 31.2 Å². The lowest BCUT2D eigenvalue weighted by molar-refractivity contribution is -0.133. The van der Waals surface area contributed by atoms with Gasteiger partial charge in [-0.05, 0) is 66.6 Å². The number of carbonyl (C=O) groups excluding carboxylic acids is 1. The van der Waals surface area contributed by atoms with Crippen LogP contribution in [0.5, 0.6) is 0 Å². The zero-order chi connectivity index (χ0) is 13.1. The lowest BCUT2D eigenvalue weighted by atomic mass is 9.71. The third-order valence-corrected chi connectivity index (χ3v) is 5.51. The minimum Gasteiger partial charge on any atom is -0.342 e. The molecule has 2 aliphatic rings. The highest BCUT2D eigenvalue weighted by Gasteiger charge is 2.36. The molecular weight excluding hydrogens is 292 g/mol. The molecule has 20 heavy (non-hydrogen) atoms. The van der Waals surface area contributed by atoms with Gasteiger partial charge in [0.1, 0.15) is 0 Å². The van der Waals surface area contributed by atoms with Crippen LogP contribution in [-0.2, 0) is 11.2 Å². The number of rotatable bonds is 2. The number of nitrogens with zero attached hydrogens (tertiary/aromatic N) is 1. The van der Waals surface area contributed by atoms with E-state index in [1.807, 2.05) is 5.38 Å². The van der Waals surface area contributed by atoms with Gasteiger partial charge in [-0.15, -0.1) is 12.4 Å². The highest BCUT2D eigenvalue weighted by Crippen LogP contribution is 2.39. The summed E-state index contributed by atoms with van der Waals surface area (Å²) in [6.07, 6.45) is 5.56. The fourth-order valence-electron chi connectivity index (χ4n) is 3.37. The molecule has 3 heterocycles. The summed E-state index contributed by atoms with van der Waals surface area (Å²) in [6.45, 7) is 4.23. The smallest absolute Gasteiger partial charge is 0.227 e. The van der Waals surface area contributed by atoms with Crippen LogP contribution >= 0.6 is 23.7 Å². The van der Waals surface area contributed by atoms with E-state index in [1.54, 1.807) is 11.3 Å². The van der Waals surface area contributed by atoms with Gasteiger partial charge in [0.15, 0.2) is 0 Å². The molecule has 5 heteroatoms. The van der Waals surface area contributed by atoms with E-state index in [0.717, 1.165) is 31.7 Å². The van der Waals surface area contributed by atoms with Crippen molar-refractivity contribution in [3.8, 4) is 0 Å². The predicted octanol–water partition coefficient (Wildman–Crippen LogP) is 2.70. The maximum Gasteiger partial charge on any atom is 0.227 e. The average molecular weight is 315 g/mol. The highest BCUT2D eigenvalue weighted by molar-refractivity contribution is 7.07. The number of nitrogens with one attached hydrogen (secondary N) is 1. The van der Waals surface area contributed by atoms with Crippen LogP contribution in [0.3, 0.4) is 0 Å². The Morgan fingerprint density at radius 1 is 1.25 bits per heavy atom. The van der Waals surface area contributed by atoms with Gasteiger partial charge in [-0.3, -0.25) is 4.79 Å². The molecule has 1 aromatic heterocycles. The molecule has 112 valence electrons. The van der Waals surface area contributed by atoms with E-state index in [4.69, 9.17) is 0 Å². The average Bonchev–Trinajstić information content (AvgIpc) is 2.93. The van der Waals surface area contributed by atoms with E-state index in [0.29, 0.717) is 17.7 Å². The molecule has 3 nitrogen and oxygen atoms in total. The van der Waals surface area contributed by atoms with Crippen molar-refractivity contribution in [2.45, 2.75) is 32.1 Å². The van der Waals surface area contributed by atoms with Gasteiger partial charge in [0.2, 0.25) is 5.91 Å². The molecule has 1 aromatic rings. The summed E-state index contributed by atoms with van der Waals surface area (Å²) < 4.78 is 0. The number of piperidine rings is 2. The molecule has 0 saturated carbocycles. The Morgan fingerprint density at radius 2 is 1.95 bits per heavy atom. The summed E-state index contributed by atoms with van der Waals surface area (Å²) in [7, 11) is 0. The Balaban J connectivity index is 0.00000147. The van der Waals surface area contributed by atoms with Crippen LogP contribution in [0.4, 0.5) is 0 Å². The second kappa shape index (κ2) is 6.92. The largest absolute Gasteiger partial charge is 0.342 e. The predicted molar refractivity (Wildman–Crippen MR) is 85.6 cm³/mol. The molecule has 2 aliphatic heterocycles. The number of carbonyl (C=O) groups is 1. The van der Waals surface area contributed by atoms with Crippen molar-refractivity contribution in [3.63, 3.8) is 0 Å². The van der Waals surface area contributed by atoms with Crippen LogP contribution in [-0.4, -0.2) is 37.0 Å². The molecule has 1 N–H and O–H groups in total. The van der Waals surface area contributed by atoms with Crippen molar-refractivity contribution in [3.05, 3.63) is 22.4 Å². The summed E-state index contributed by atoms with van der Waals surface area (Å²) in [5.41, 5.74) is 1.70. The number of thiophene rings is 1. The standard InChI is InChI=1S/C15H22N2OS.ClH/c18-14(11-13-1-10-19-12-13)17-8-4-15(5-9-17)2-6-16-7-3-15;/h1,10,12,16H,2-9,11H2;1H. The maximum absolute atomic E-state index is 12.3. The van der Waals surface area contributed by atoms with Crippen LogP contribution in [0.2, 0.25) is 0 Å². The molecule has 0 aromatic carbocycles. The van der Waals surface area contributed by atoms with E-state index in [1.165, 1.54) is 25.7 Å². The topological polar surface area (TPSA) is 32.3 Å². The number of hydrogen-bond acceptors (Lipinski definition) is 3. The Bertz CT molecular complexity index is 419. The SMILES string of the molecule is Cl.O=C(Cc1ccsc1)N1CCC2(CCNCC2)CC1. The lowest BCUT2D eigenvalue weighted by Crippen LogP contribution is -2.47. The molecular formula is C15H23ClN2OS. The number of likely N-dealkylation sites (tertiary alicyclic amines) is 1. The summed E-state index contributed by atoms with van der Waals surface area (Å²) in [5, 5.41) is 7.56. The fraction of sp³-hybridized carbons (Fsp3) is 0.667. The van der Waals surface area contributed by atoms with Crippen molar-refractivity contribution in [2.75, 3.05) is 26.2 Å². The van der Waals surface area contributed by atoms with Crippen LogP contribution in [0.25, 0.3) is 0 Å². The molecule has 0 radical (unpaired) electrons. The van der Waals surface area contributed by atoms with E-state index in [2.05, 4.69) is 21.7 Å². The minimum absolute atomic E-state index is 0. The summed E-state index contributed by atoms with van der Waals surface area (Å²) in [4.78, 5) is 14.3. The molecule has 0 aliphatic carbocycles. The molecule has 0 unspecified atom stereocenters. The number of halogens is 1. The first-order valence-electron chi connectivity index (χ1n) is 7.27. The van der Waals surface area contributed by atoms with Crippen molar-refractivity contribution in [1.29, 1.82) is 0 Å². The molecule has 0 atom stereocenters. The second-order valence-corrected chi connectivity index (χ2v) is 6.72. The van der Waals surface area contributed by atoms with Crippen molar-refractivity contribution >= 4 is 29.7 Å². The molecule has 3 rings (SSSR count). The Kier molecular flexibility index (Phi) is 5.47. The van der Waals surface area contributed by atoms with E-state index < -0.39 is 0 Å². The summed E-state index contributed by atoms with van der Waals surface area (Å²) in [5.74, 6) is 0.308. The molecule has 1 spiro atoms. The first-order valence-corrected chi connectivity index (χ1v) is 8.21. The van der Waals surface area contributed by atoms with Gasteiger partial charge in [-0.25, -0.2) is 0 Å². The van der Waals surface area contributed by atoms with Gasteiger partial charge in [0.25, 0.3) is 0 Å². The zero-order valence-corrected chi connectivity index (χ0v) is 13.4. The van der Waals surface area contributed by atoms with Gasteiger partial charge in [0, 0.05) is 13.1 Å². The van der Waals surface area contributed by atoms with Crippen molar-refractivity contribution in [2.24, 2.45) is 5.41 Å². The van der Waals surface area contributed by atoms with Gasteiger partial charge in [-0.1, -0.05) is 0 Å². The fourth-order valence-corrected chi connectivity index (χ4v) is 4.04. The summed E-state index contributed by atoms with van der Waals surface area (Å²) >= 11 is 1.67. The van der Waals surface area contributed by atoms with E-state index in [9.17, 15) is 4.79 Å². The first-order chi connectivity index (χ1) is 9.27. The van der Waals surface area contributed by atoms with Gasteiger partial charge in [-0.2, -0.15) is 11.3 Å². The van der Waals surface area contributed by atoms with Crippen LogP contribution < -0.4 is 5.32 Å². The number of amides is 1. The normalized spacial score (nSPS) is 21.5. The Labute approximate surface area is 131 Å². The monoisotopic (exact) mass is 314 g/mol. The third-order valence-electron chi connectivity index (χ3n) is 4.78.